The zero-order chi connectivity index (χ0) is 13.9. The molecule has 0 atom stereocenters. The van der Waals surface area contributed by atoms with Crippen LogP contribution in [0.25, 0.3) is 0 Å². The first-order valence-corrected chi connectivity index (χ1v) is 6.11. The maximum Gasteiger partial charge on any atom is 0.414 e. The number of amides is 1. The monoisotopic (exact) mass is 251 g/mol. The fourth-order valence-corrected chi connectivity index (χ4v) is 1.73. The number of benzene rings is 1. The second-order valence-electron chi connectivity index (χ2n) is 5.21. The molecule has 100 valence electrons. The molecule has 0 fully saturated rings. The summed E-state index contributed by atoms with van der Waals surface area (Å²) in [5.74, 6) is 0.589. The van der Waals surface area contributed by atoms with Crippen LogP contribution in [0.4, 0.5) is 10.5 Å². The van der Waals surface area contributed by atoms with Crippen LogP contribution < -0.4 is 9.22 Å². The molecule has 0 aliphatic heterocycles. The SMILES string of the molecule is CC[N+](C)(C)c1ccc(OC(=O)N(C)C)cc1C. The van der Waals surface area contributed by atoms with Gasteiger partial charge in [-0.3, -0.25) is 4.48 Å². The number of carbonyl (C=O) groups excluding carboxylic acids is 1. The molecule has 1 aromatic rings. The van der Waals surface area contributed by atoms with Gasteiger partial charge >= 0.3 is 6.09 Å². The quantitative estimate of drug-likeness (QED) is 0.773. The summed E-state index contributed by atoms with van der Waals surface area (Å²) in [7, 11) is 7.66. The van der Waals surface area contributed by atoms with Gasteiger partial charge in [-0.05, 0) is 26.0 Å². The lowest BCUT2D eigenvalue weighted by Crippen LogP contribution is -2.40. The average Bonchev–Trinajstić information content (AvgIpc) is 2.28. The predicted octanol–water partition coefficient (Wildman–Crippen LogP) is 2.64. The summed E-state index contributed by atoms with van der Waals surface area (Å²) in [4.78, 5) is 12.9. The third kappa shape index (κ3) is 3.23. The Kier molecular flexibility index (Phi) is 4.35. The Labute approximate surface area is 109 Å². The van der Waals surface area contributed by atoms with Gasteiger partial charge in [0.1, 0.15) is 11.4 Å². The molecule has 0 aliphatic rings. The minimum absolute atomic E-state index is 0.355. The molecule has 0 saturated heterocycles. The van der Waals surface area contributed by atoms with Gasteiger partial charge in [-0.1, -0.05) is 0 Å². The Morgan fingerprint density at radius 1 is 1.33 bits per heavy atom. The normalized spacial score (nSPS) is 11.2. The van der Waals surface area contributed by atoms with Crippen molar-refractivity contribution in [2.24, 2.45) is 0 Å². The van der Waals surface area contributed by atoms with Crippen LogP contribution in [0.5, 0.6) is 5.75 Å². The molecule has 1 aromatic carbocycles. The molecule has 0 N–H and O–H groups in total. The highest BCUT2D eigenvalue weighted by Crippen LogP contribution is 2.27. The maximum absolute atomic E-state index is 11.5. The number of carbonyl (C=O) groups is 1. The molecule has 0 spiro atoms. The summed E-state index contributed by atoms with van der Waals surface area (Å²) in [6.07, 6.45) is -0.355. The molecule has 0 aromatic heterocycles. The summed E-state index contributed by atoms with van der Waals surface area (Å²) < 4.78 is 6.05. The van der Waals surface area contributed by atoms with Crippen LogP contribution in [0.15, 0.2) is 18.2 Å². The number of rotatable bonds is 3. The van der Waals surface area contributed by atoms with E-state index in [2.05, 4.69) is 21.0 Å². The maximum atomic E-state index is 11.5. The van der Waals surface area contributed by atoms with E-state index in [0.717, 1.165) is 16.6 Å². The first-order valence-electron chi connectivity index (χ1n) is 6.11. The van der Waals surface area contributed by atoms with E-state index in [0.29, 0.717) is 5.75 Å². The summed E-state index contributed by atoms with van der Waals surface area (Å²) >= 11 is 0. The molecule has 0 aliphatic carbocycles. The van der Waals surface area contributed by atoms with E-state index in [1.54, 1.807) is 14.1 Å². The third-order valence-corrected chi connectivity index (χ3v) is 3.18. The van der Waals surface area contributed by atoms with Crippen LogP contribution in [0.2, 0.25) is 0 Å². The fraction of sp³-hybridized carbons (Fsp3) is 0.500. The molecule has 0 saturated carbocycles. The lowest BCUT2D eigenvalue weighted by atomic mass is 10.1. The second kappa shape index (κ2) is 5.40. The lowest BCUT2D eigenvalue weighted by Gasteiger charge is -2.29. The highest BCUT2D eigenvalue weighted by Gasteiger charge is 2.19. The van der Waals surface area contributed by atoms with E-state index >= 15 is 0 Å². The van der Waals surface area contributed by atoms with E-state index in [-0.39, 0.29) is 6.09 Å². The van der Waals surface area contributed by atoms with Gasteiger partial charge < -0.3 is 9.64 Å². The van der Waals surface area contributed by atoms with Crippen LogP contribution in [0.3, 0.4) is 0 Å². The number of ether oxygens (including phenoxy) is 1. The average molecular weight is 251 g/mol. The van der Waals surface area contributed by atoms with Gasteiger partial charge in [0.05, 0.1) is 20.6 Å². The molecule has 4 heteroatoms. The Morgan fingerprint density at radius 3 is 2.39 bits per heavy atom. The van der Waals surface area contributed by atoms with Gasteiger partial charge in [0.2, 0.25) is 0 Å². The fourth-order valence-electron chi connectivity index (χ4n) is 1.73. The van der Waals surface area contributed by atoms with Crippen molar-refractivity contribution >= 4 is 11.8 Å². The standard InChI is InChI=1S/C14H23N2O2/c1-7-16(5,6)13-9-8-12(10-11(13)2)18-14(17)15(3)4/h8-10H,7H2,1-6H3/q+1. The number of aryl methyl sites for hydroxylation is 1. The van der Waals surface area contributed by atoms with E-state index in [1.165, 1.54) is 10.6 Å². The van der Waals surface area contributed by atoms with Crippen molar-refractivity contribution in [3.8, 4) is 5.75 Å². The van der Waals surface area contributed by atoms with Gasteiger partial charge in [-0.15, -0.1) is 0 Å². The van der Waals surface area contributed by atoms with Crippen molar-refractivity contribution in [3.05, 3.63) is 23.8 Å². The van der Waals surface area contributed by atoms with E-state index in [9.17, 15) is 4.79 Å². The molecular formula is C14H23N2O2+. The Balaban J connectivity index is 2.96. The van der Waals surface area contributed by atoms with Crippen LogP contribution >= 0.6 is 0 Å². The van der Waals surface area contributed by atoms with Crippen LogP contribution in [0.1, 0.15) is 12.5 Å². The van der Waals surface area contributed by atoms with Crippen molar-refractivity contribution in [2.75, 3.05) is 34.7 Å². The largest absolute Gasteiger partial charge is 0.414 e. The first kappa shape index (κ1) is 14.5. The molecule has 0 radical (unpaired) electrons. The van der Waals surface area contributed by atoms with Crippen molar-refractivity contribution < 1.29 is 9.53 Å². The molecule has 1 rings (SSSR count). The molecule has 0 bridgehead atoms. The summed E-state index contributed by atoms with van der Waals surface area (Å²) in [5.41, 5.74) is 2.37. The van der Waals surface area contributed by atoms with E-state index in [1.807, 2.05) is 25.1 Å². The third-order valence-electron chi connectivity index (χ3n) is 3.18. The van der Waals surface area contributed by atoms with E-state index in [4.69, 9.17) is 4.74 Å². The minimum Gasteiger partial charge on any atom is -0.410 e. The summed E-state index contributed by atoms with van der Waals surface area (Å²) in [6.45, 7) is 5.20. The molecule has 0 unspecified atom stereocenters. The zero-order valence-corrected chi connectivity index (χ0v) is 12.2. The predicted molar refractivity (Wildman–Crippen MR) is 75.1 cm³/mol. The highest BCUT2D eigenvalue weighted by atomic mass is 16.6. The second-order valence-corrected chi connectivity index (χ2v) is 5.21. The van der Waals surface area contributed by atoms with Gasteiger partial charge in [0.25, 0.3) is 0 Å². The Bertz CT molecular complexity index is 439. The highest BCUT2D eigenvalue weighted by molar-refractivity contribution is 5.70. The summed E-state index contributed by atoms with van der Waals surface area (Å²) in [6, 6.07) is 5.78. The molecule has 18 heavy (non-hydrogen) atoms. The lowest BCUT2D eigenvalue weighted by molar-refractivity contribution is 0.172. The van der Waals surface area contributed by atoms with Crippen LogP contribution in [0, 0.1) is 6.92 Å². The van der Waals surface area contributed by atoms with Crippen molar-refractivity contribution in [2.45, 2.75) is 13.8 Å². The molecule has 4 nitrogen and oxygen atoms in total. The smallest absolute Gasteiger partial charge is 0.410 e. The molecule has 0 heterocycles. The van der Waals surface area contributed by atoms with Crippen molar-refractivity contribution in [1.29, 1.82) is 0 Å². The van der Waals surface area contributed by atoms with Gasteiger partial charge in [-0.2, -0.15) is 0 Å². The van der Waals surface area contributed by atoms with Gasteiger partial charge in [0, 0.05) is 25.7 Å². The van der Waals surface area contributed by atoms with Crippen molar-refractivity contribution in [3.63, 3.8) is 0 Å². The van der Waals surface area contributed by atoms with Gasteiger partial charge in [0.15, 0.2) is 0 Å². The molecular weight excluding hydrogens is 228 g/mol. The minimum atomic E-state index is -0.355. The molecule has 1 amide bonds. The first-order chi connectivity index (χ1) is 8.27. The van der Waals surface area contributed by atoms with Crippen LogP contribution in [-0.4, -0.2) is 45.7 Å². The van der Waals surface area contributed by atoms with Gasteiger partial charge in [-0.25, -0.2) is 4.79 Å². The summed E-state index contributed by atoms with van der Waals surface area (Å²) in [5, 5.41) is 0. The Morgan fingerprint density at radius 2 is 1.94 bits per heavy atom. The number of hydrogen-bond donors (Lipinski definition) is 0. The van der Waals surface area contributed by atoms with E-state index < -0.39 is 0 Å². The van der Waals surface area contributed by atoms with Crippen molar-refractivity contribution in [1.82, 2.24) is 9.38 Å². The Hall–Kier alpha value is -1.55. The zero-order valence-electron chi connectivity index (χ0n) is 12.2. The topological polar surface area (TPSA) is 29.5 Å². The number of hydrogen-bond acceptors (Lipinski definition) is 2. The van der Waals surface area contributed by atoms with Crippen LogP contribution in [-0.2, 0) is 0 Å². The number of nitrogens with zero attached hydrogens (tertiary/aromatic N) is 2. The number of quaternary nitrogens is 1.